The zero-order chi connectivity index (χ0) is 17.6. The molecule has 1 aliphatic rings. The highest BCUT2D eigenvalue weighted by atomic mass is 19.1. The van der Waals surface area contributed by atoms with Gasteiger partial charge in [-0.2, -0.15) is 0 Å². The van der Waals surface area contributed by atoms with Crippen molar-refractivity contribution in [1.29, 1.82) is 0 Å². The SMILES string of the molecule is CN(C)C(CNC(=O)CC1(CN)CCCCC1)c1ccc(F)cc1. The van der Waals surface area contributed by atoms with E-state index >= 15 is 0 Å². The van der Waals surface area contributed by atoms with Crippen LogP contribution in [-0.4, -0.2) is 38.0 Å². The third kappa shape index (κ3) is 5.02. The van der Waals surface area contributed by atoms with Crippen LogP contribution < -0.4 is 11.1 Å². The Labute approximate surface area is 144 Å². The number of benzene rings is 1. The van der Waals surface area contributed by atoms with Gasteiger partial charge < -0.3 is 16.0 Å². The zero-order valence-corrected chi connectivity index (χ0v) is 14.9. The number of carbonyl (C=O) groups excluding carboxylic acids is 1. The first-order chi connectivity index (χ1) is 11.5. The molecule has 4 nitrogen and oxygen atoms in total. The van der Waals surface area contributed by atoms with Gasteiger partial charge in [0.25, 0.3) is 0 Å². The van der Waals surface area contributed by atoms with Gasteiger partial charge in [-0.1, -0.05) is 31.4 Å². The highest BCUT2D eigenvalue weighted by molar-refractivity contribution is 5.76. The summed E-state index contributed by atoms with van der Waals surface area (Å²) in [4.78, 5) is 14.5. The van der Waals surface area contributed by atoms with Gasteiger partial charge >= 0.3 is 0 Å². The van der Waals surface area contributed by atoms with Crippen LogP contribution in [0.25, 0.3) is 0 Å². The van der Waals surface area contributed by atoms with E-state index in [-0.39, 0.29) is 23.2 Å². The molecule has 24 heavy (non-hydrogen) atoms. The molecule has 134 valence electrons. The average Bonchev–Trinajstić information content (AvgIpc) is 2.57. The number of nitrogens with one attached hydrogen (secondary N) is 1. The molecule has 1 aromatic rings. The Balaban J connectivity index is 1.93. The van der Waals surface area contributed by atoms with Gasteiger partial charge in [-0.15, -0.1) is 0 Å². The molecule has 1 saturated carbocycles. The van der Waals surface area contributed by atoms with Crippen LogP contribution in [0.5, 0.6) is 0 Å². The third-order valence-electron chi connectivity index (χ3n) is 5.25. The van der Waals surface area contributed by atoms with Crippen LogP contribution in [0.4, 0.5) is 4.39 Å². The minimum Gasteiger partial charge on any atom is -0.354 e. The predicted octanol–water partition coefficient (Wildman–Crippen LogP) is 2.84. The molecule has 3 N–H and O–H groups in total. The zero-order valence-electron chi connectivity index (χ0n) is 14.9. The maximum atomic E-state index is 13.1. The van der Waals surface area contributed by atoms with E-state index in [0.717, 1.165) is 18.4 Å². The molecule has 0 bridgehead atoms. The molecule has 1 aromatic carbocycles. The lowest BCUT2D eigenvalue weighted by Gasteiger charge is -2.36. The summed E-state index contributed by atoms with van der Waals surface area (Å²) >= 11 is 0. The number of hydrogen-bond donors (Lipinski definition) is 2. The summed E-state index contributed by atoms with van der Waals surface area (Å²) in [7, 11) is 3.92. The first-order valence-corrected chi connectivity index (χ1v) is 8.84. The topological polar surface area (TPSA) is 58.4 Å². The molecule has 0 aromatic heterocycles. The summed E-state index contributed by atoms with van der Waals surface area (Å²) in [6.45, 7) is 1.09. The summed E-state index contributed by atoms with van der Waals surface area (Å²) < 4.78 is 13.1. The molecule has 2 rings (SSSR count). The van der Waals surface area contributed by atoms with E-state index in [2.05, 4.69) is 5.32 Å². The number of rotatable bonds is 7. The van der Waals surface area contributed by atoms with Crippen molar-refractivity contribution >= 4 is 5.91 Å². The van der Waals surface area contributed by atoms with Crippen molar-refractivity contribution < 1.29 is 9.18 Å². The fourth-order valence-electron chi connectivity index (χ4n) is 3.65. The third-order valence-corrected chi connectivity index (χ3v) is 5.25. The summed E-state index contributed by atoms with van der Waals surface area (Å²) in [6.07, 6.45) is 6.18. The number of halogens is 1. The van der Waals surface area contributed by atoms with Crippen molar-refractivity contribution in [3.05, 3.63) is 35.6 Å². The Morgan fingerprint density at radius 1 is 1.25 bits per heavy atom. The van der Waals surface area contributed by atoms with Gasteiger partial charge in [0.15, 0.2) is 0 Å². The van der Waals surface area contributed by atoms with Crippen molar-refractivity contribution in [2.24, 2.45) is 11.1 Å². The highest BCUT2D eigenvalue weighted by Gasteiger charge is 2.33. The summed E-state index contributed by atoms with van der Waals surface area (Å²) in [6, 6.07) is 6.48. The minimum atomic E-state index is -0.248. The molecule has 0 aliphatic heterocycles. The quantitative estimate of drug-likeness (QED) is 0.805. The molecule has 0 heterocycles. The van der Waals surface area contributed by atoms with Crippen LogP contribution in [0.15, 0.2) is 24.3 Å². The lowest BCUT2D eigenvalue weighted by molar-refractivity contribution is -0.124. The second-order valence-electron chi connectivity index (χ2n) is 7.28. The Kier molecular flexibility index (Phi) is 6.75. The Bertz CT molecular complexity index is 524. The van der Waals surface area contributed by atoms with Crippen molar-refractivity contribution in [3.8, 4) is 0 Å². The first kappa shape index (κ1) is 18.9. The van der Waals surface area contributed by atoms with Gasteiger partial charge in [-0.3, -0.25) is 4.79 Å². The molecule has 0 radical (unpaired) electrons. The summed E-state index contributed by atoms with van der Waals surface area (Å²) in [5.74, 6) is -0.182. The van der Waals surface area contributed by atoms with Gasteiger partial charge in [0.2, 0.25) is 5.91 Å². The lowest BCUT2D eigenvalue weighted by atomic mass is 9.71. The smallest absolute Gasteiger partial charge is 0.220 e. The number of likely N-dealkylation sites (N-methyl/N-ethyl adjacent to an activating group) is 1. The number of amides is 1. The van der Waals surface area contributed by atoms with Crippen molar-refractivity contribution in [2.75, 3.05) is 27.2 Å². The fraction of sp³-hybridized carbons (Fsp3) is 0.632. The summed E-state index contributed by atoms with van der Waals surface area (Å²) in [5.41, 5.74) is 6.94. The van der Waals surface area contributed by atoms with Crippen molar-refractivity contribution in [2.45, 2.75) is 44.6 Å². The molecule has 1 atom stereocenters. The normalized spacial score (nSPS) is 18.4. The standard InChI is InChI=1S/C19H30FN3O/c1-23(2)17(15-6-8-16(20)9-7-15)13-22-18(24)12-19(14-21)10-4-3-5-11-19/h6-9,17H,3-5,10-14,21H2,1-2H3,(H,22,24). The molecule has 5 heteroatoms. The lowest BCUT2D eigenvalue weighted by Crippen LogP contribution is -2.41. The van der Waals surface area contributed by atoms with E-state index in [4.69, 9.17) is 5.73 Å². The van der Waals surface area contributed by atoms with E-state index in [1.807, 2.05) is 19.0 Å². The molecule has 1 aliphatic carbocycles. The van der Waals surface area contributed by atoms with Gasteiger partial charge in [0.05, 0.1) is 6.04 Å². The average molecular weight is 335 g/mol. The van der Waals surface area contributed by atoms with E-state index in [1.165, 1.54) is 31.4 Å². The molecule has 0 spiro atoms. The van der Waals surface area contributed by atoms with Gasteiger partial charge in [-0.25, -0.2) is 4.39 Å². The van der Waals surface area contributed by atoms with Crippen LogP contribution in [0, 0.1) is 11.2 Å². The van der Waals surface area contributed by atoms with Crippen molar-refractivity contribution in [3.63, 3.8) is 0 Å². The number of hydrogen-bond acceptors (Lipinski definition) is 3. The second kappa shape index (κ2) is 8.58. The van der Waals surface area contributed by atoms with Crippen molar-refractivity contribution in [1.82, 2.24) is 10.2 Å². The van der Waals surface area contributed by atoms with Crippen LogP contribution >= 0.6 is 0 Å². The van der Waals surface area contributed by atoms with Gasteiger partial charge in [0.1, 0.15) is 5.82 Å². The minimum absolute atomic E-state index is 0.0220. The molecule has 1 amide bonds. The molecule has 0 saturated heterocycles. The maximum Gasteiger partial charge on any atom is 0.220 e. The summed E-state index contributed by atoms with van der Waals surface area (Å²) in [5, 5.41) is 3.05. The Hall–Kier alpha value is -1.46. The maximum absolute atomic E-state index is 13.1. The van der Waals surface area contributed by atoms with Crippen LogP contribution in [0.3, 0.4) is 0 Å². The first-order valence-electron chi connectivity index (χ1n) is 8.84. The Morgan fingerprint density at radius 2 is 1.88 bits per heavy atom. The van der Waals surface area contributed by atoms with Crippen LogP contribution in [-0.2, 0) is 4.79 Å². The van der Waals surface area contributed by atoms with E-state index in [0.29, 0.717) is 19.5 Å². The van der Waals surface area contributed by atoms with E-state index in [9.17, 15) is 9.18 Å². The Morgan fingerprint density at radius 3 is 2.42 bits per heavy atom. The molecule has 1 fully saturated rings. The fourth-order valence-corrected chi connectivity index (χ4v) is 3.65. The molecular weight excluding hydrogens is 305 g/mol. The van der Waals surface area contributed by atoms with Gasteiger partial charge in [-0.05, 0) is 56.6 Å². The largest absolute Gasteiger partial charge is 0.354 e. The van der Waals surface area contributed by atoms with E-state index < -0.39 is 0 Å². The number of nitrogens with two attached hydrogens (primary N) is 1. The van der Waals surface area contributed by atoms with Gasteiger partial charge in [0, 0.05) is 13.0 Å². The predicted molar refractivity (Wildman–Crippen MR) is 95.0 cm³/mol. The van der Waals surface area contributed by atoms with Crippen LogP contribution in [0.1, 0.15) is 50.1 Å². The number of nitrogens with zero attached hydrogens (tertiary/aromatic N) is 1. The highest BCUT2D eigenvalue weighted by Crippen LogP contribution is 2.38. The number of carbonyl (C=O) groups is 1. The molecule has 1 unspecified atom stereocenters. The monoisotopic (exact) mass is 335 g/mol. The van der Waals surface area contributed by atoms with E-state index in [1.54, 1.807) is 12.1 Å². The molecular formula is C19H30FN3O. The second-order valence-corrected chi connectivity index (χ2v) is 7.28. The van der Waals surface area contributed by atoms with Crippen LogP contribution in [0.2, 0.25) is 0 Å².